The van der Waals surface area contributed by atoms with Gasteiger partial charge in [-0.05, 0) is 56.2 Å². The molecule has 0 aliphatic carbocycles. The minimum Gasteiger partial charge on any atom is -0.508 e. The first-order valence-electron chi connectivity index (χ1n) is 9.77. The van der Waals surface area contributed by atoms with E-state index >= 15 is 0 Å². The van der Waals surface area contributed by atoms with E-state index in [1.165, 1.54) is 6.92 Å². The van der Waals surface area contributed by atoms with Crippen LogP contribution in [-0.4, -0.2) is 52.5 Å². The number of phenols is 1. The Kier molecular flexibility index (Phi) is 6.85. The van der Waals surface area contributed by atoms with Crippen LogP contribution in [0.15, 0.2) is 42.5 Å². The summed E-state index contributed by atoms with van der Waals surface area (Å²) in [5.74, 6) is 0.00153. The van der Waals surface area contributed by atoms with Gasteiger partial charge in [-0.1, -0.05) is 6.07 Å². The van der Waals surface area contributed by atoms with E-state index in [4.69, 9.17) is 0 Å². The maximum atomic E-state index is 12.3. The molecule has 0 aromatic heterocycles. The number of nitrogens with zero attached hydrogens (tertiary/aromatic N) is 1. The lowest BCUT2D eigenvalue weighted by Crippen LogP contribution is -2.42. The van der Waals surface area contributed by atoms with Crippen molar-refractivity contribution < 1.29 is 19.8 Å². The van der Waals surface area contributed by atoms with Gasteiger partial charge in [-0.3, -0.25) is 14.5 Å². The number of anilines is 2. The Morgan fingerprint density at radius 2 is 1.79 bits per heavy atom. The van der Waals surface area contributed by atoms with Gasteiger partial charge in [0.1, 0.15) is 5.75 Å². The van der Waals surface area contributed by atoms with Gasteiger partial charge in [0.05, 0.1) is 13.2 Å². The summed E-state index contributed by atoms with van der Waals surface area (Å²) in [5.41, 5.74) is 2.55. The number of hydrogen-bond acceptors (Lipinski definition) is 6. The molecule has 1 aliphatic rings. The number of carbonyl (C=O) groups is 2. The number of aliphatic hydroxyl groups excluding tert-OH is 1. The average molecular weight is 397 g/mol. The summed E-state index contributed by atoms with van der Waals surface area (Å²) in [7, 11) is 0. The highest BCUT2D eigenvalue weighted by atomic mass is 16.3. The summed E-state index contributed by atoms with van der Waals surface area (Å²) in [6.45, 7) is 3.16. The van der Waals surface area contributed by atoms with Crippen LogP contribution in [0.25, 0.3) is 0 Å². The predicted octanol–water partition coefficient (Wildman–Crippen LogP) is 2.60. The highest BCUT2D eigenvalue weighted by Crippen LogP contribution is 2.27. The molecule has 154 valence electrons. The summed E-state index contributed by atoms with van der Waals surface area (Å²) in [6.07, 6.45) is 1.72. The molecule has 1 amide bonds. The molecule has 2 aromatic rings. The fourth-order valence-corrected chi connectivity index (χ4v) is 3.52. The second-order valence-corrected chi connectivity index (χ2v) is 7.34. The molecule has 0 saturated carbocycles. The number of likely N-dealkylation sites (tertiary alicyclic amines) is 1. The molecule has 4 N–H and O–H groups in total. The van der Waals surface area contributed by atoms with Crippen LogP contribution in [0.1, 0.15) is 35.7 Å². The molecule has 7 nitrogen and oxygen atoms in total. The number of piperidine rings is 1. The predicted molar refractivity (Wildman–Crippen MR) is 112 cm³/mol. The second-order valence-electron chi connectivity index (χ2n) is 7.34. The lowest BCUT2D eigenvalue weighted by atomic mass is 10.0. The van der Waals surface area contributed by atoms with Crippen LogP contribution >= 0.6 is 0 Å². The van der Waals surface area contributed by atoms with Gasteiger partial charge in [0.25, 0.3) is 0 Å². The number of aromatic hydroxyl groups is 1. The van der Waals surface area contributed by atoms with Crippen molar-refractivity contribution in [3.05, 3.63) is 53.6 Å². The fraction of sp³-hybridized carbons (Fsp3) is 0.364. The Labute approximate surface area is 170 Å². The van der Waals surface area contributed by atoms with Crippen LogP contribution in [-0.2, 0) is 11.4 Å². The van der Waals surface area contributed by atoms with Crippen molar-refractivity contribution in [2.75, 3.05) is 30.3 Å². The van der Waals surface area contributed by atoms with Crippen molar-refractivity contribution in [2.45, 2.75) is 32.4 Å². The molecule has 1 aliphatic heterocycles. The van der Waals surface area contributed by atoms with E-state index in [0.29, 0.717) is 23.4 Å². The van der Waals surface area contributed by atoms with Crippen molar-refractivity contribution >= 4 is 23.1 Å². The molecule has 0 bridgehead atoms. The third-order valence-electron chi connectivity index (χ3n) is 5.20. The van der Waals surface area contributed by atoms with Gasteiger partial charge in [-0.15, -0.1) is 0 Å². The van der Waals surface area contributed by atoms with E-state index in [9.17, 15) is 19.8 Å². The zero-order valence-electron chi connectivity index (χ0n) is 16.5. The van der Waals surface area contributed by atoms with Crippen molar-refractivity contribution in [1.82, 2.24) is 4.90 Å². The smallest absolute Gasteiger partial charge is 0.238 e. The quantitative estimate of drug-likeness (QED) is 0.536. The van der Waals surface area contributed by atoms with Gasteiger partial charge in [0.15, 0.2) is 5.78 Å². The molecule has 0 unspecified atom stereocenters. The third kappa shape index (κ3) is 5.56. The number of rotatable bonds is 7. The second kappa shape index (κ2) is 9.54. The van der Waals surface area contributed by atoms with Gasteiger partial charge in [-0.25, -0.2) is 0 Å². The third-order valence-corrected chi connectivity index (χ3v) is 5.20. The molecular formula is C22H27N3O4. The van der Waals surface area contributed by atoms with E-state index in [0.717, 1.165) is 31.6 Å². The molecule has 29 heavy (non-hydrogen) atoms. The van der Waals surface area contributed by atoms with Gasteiger partial charge < -0.3 is 20.8 Å². The zero-order chi connectivity index (χ0) is 20.8. The first-order valence-corrected chi connectivity index (χ1v) is 9.77. The number of amides is 1. The summed E-state index contributed by atoms with van der Waals surface area (Å²) >= 11 is 0. The minimum atomic E-state index is -0.221. The monoisotopic (exact) mass is 397 g/mol. The molecular weight excluding hydrogens is 370 g/mol. The fourth-order valence-electron chi connectivity index (χ4n) is 3.52. The Morgan fingerprint density at radius 3 is 2.41 bits per heavy atom. The molecule has 1 heterocycles. The number of benzene rings is 2. The maximum Gasteiger partial charge on any atom is 0.238 e. The summed E-state index contributed by atoms with van der Waals surface area (Å²) in [5, 5.41) is 25.6. The van der Waals surface area contributed by atoms with Crippen molar-refractivity contribution in [3.63, 3.8) is 0 Å². The van der Waals surface area contributed by atoms with Gasteiger partial charge in [0, 0.05) is 41.6 Å². The molecule has 3 rings (SSSR count). The van der Waals surface area contributed by atoms with Crippen LogP contribution in [0, 0.1) is 0 Å². The van der Waals surface area contributed by atoms with Crippen LogP contribution in [0.5, 0.6) is 5.75 Å². The number of carbonyl (C=O) groups excluding carboxylic acids is 2. The van der Waals surface area contributed by atoms with Crippen LogP contribution < -0.4 is 10.6 Å². The van der Waals surface area contributed by atoms with E-state index in [1.807, 2.05) is 6.07 Å². The Bertz CT molecular complexity index is 859. The summed E-state index contributed by atoms with van der Waals surface area (Å²) < 4.78 is 0. The van der Waals surface area contributed by atoms with E-state index in [1.54, 1.807) is 36.4 Å². The molecule has 0 atom stereocenters. The SMILES string of the molecule is CC(=O)c1ccc(NC(=O)CN2CCC(Nc3cccc(O)c3CO)CC2)cc1. The largest absolute Gasteiger partial charge is 0.508 e. The molecule has 7 heteroatoms. The zero-order valence-corrected chi connectivity index (χ0v) is 16.5. The van der Waals surface area contributed by atoms with Gasteiger partial charge >= 0.3 is 0 Å². The van der Waals surface area contributed by atoms with Crippen LogP contribution in [0.3, 0.4) is 0 Å². The first kappa shape index (κ1) is 20.8. The Morgan fingerprint density at radius 1 is 1.10 bits per heavy atom. The van der Waals surface area contributed by atoms with Crippen molar-refractivity contribution in [1.29, 1.82) is 0 Å². The number of hydrogen-bond donors (Lipinski definition) is 4. The maximum absolute atomic E-state index is 12.3. The topological polar surface area (TPSA) is 102 Å². The highest BCUT2D eigenvalue weighted by Gasteiger charge is 2.22. The lowest BCUT2D eigenvalue weighted by molar-refractivity contribution is -0.117. The normalized spacial score (nSPS) is 15.1. The first-order chi connectivity index (χ1) is 14.0. The minimum absolute atomic E-state index is 0.00354. The molecule has 1 fully saturated rings. The van der Waals surface area contributed by atoms with E-state index in [2.05, 4.69) is 15.5 Å². The summed E-state index contributed by atoms with van der Waals surface area (Å²) in [4.78, 5) is 25.7. The van der Waals surface area contributed by atoms with Gasteiger partial charge in [-0.2, -0.15) is 0 Å². The number of Topliss-reactive ketones (excluding diaryl/α,β-unsaturated/α-hetero) is 1. The number of nitrogens with one attached hydrogen (secondary N) is 2. The standard InChI is InChI=1S/C22H27N3O4/c1-15(27)16-5-7-17(8-6-16)24-22(29)13-25-11-9-18(10-12-25)23-20-3-2-4-21(28)19(20)14-26/h2-8,18,23,26,28H,9-14H2,1H3,(H,24,29). The number of ketones is 1. The molecule has 0 radical (unpaired) electrons. The van der Waals surface area contributed by atoms with Crippen molar-refractivity contribution in [3.8, 4) is 5.75 Å². The molecule has 1 saturated heterocycles. The Hall–Kier alpha value is -2.90. The molecule has 2 aromatic carbocycles. The average Bonchev–Trinajstić information content (AvgIpc) is 2.70. The van der Waals surface area contributed by atoms with Crippen LogP contribution in [0.4, 0.5) is 11.4 Å². The lowest BCUT2D eigenvalue weighted by Gasteiger charge is -2.32. The van der Waals surface area contributed by atoms with Crippen molar-refractivity contribution in [2.24, 2.45) is 0 Å². The Balaban J connectivity index is 1.46. The highest BCUT2D eigenvalue weighted by molar-refractivity contribution is 5.96. The summed E-state index contributed by atoms with van der Waals surface area (Å²) in [6, 6.07) is 12.3. The molecule has 0 spiro atoms. The van der Waals surface area contributed by atoms with Crippen LogP contribution in [0.2, 0.25) is 0 Å². The van der Waals surface area contributed by atoms with Gasteiger partial charge in [0.2, 0.25) is 5.91 Å². The van der Waals surface area contributed by atoms with E-state index < -0.39 is 0 Å². The van der Waals surface area contributed by atoms with E-state index in [-0.39, 0.29) is 30.1 Å². The number of aliphatic hydroxyl groups is 1.